The molecule has 0 aliphatic rings. The first-order valence-corrected chi connectivity index (χ1v) is 10.7. The quantitative estimate of drug-likeness (QED) is 0.341. The van der Waals surface area contributed by atoms with Gasteiger partial charge < -0.3 is 4.90 Å². The van der Waals surface area contributed by atoms with E-state index in [1.54, 1.807) is 18.0 Å². The molecule has 3 nitrogen and oxygen atoms in total. The first-order chi connectivity index (χ1) is 15.8. The molecule has 1 amide bonds. The van der Waals surface area contributed by atoms with Gasteiger partial charge in [-0.1, -0.05) is 61.5 Å². The Morgan fingerprint density at radius 3 is 2.39 bits per heavy atom. The maximum Gasteiger partial charge on any atom is 0.418 e. The summed E-state index contributed by atoms with van der Waals surface area (Å²) in [6.45, 7) is 2.04. The summed E-state index contributed by atoms with van der Waals surface area (Å²) in [7, 11) is 1.70. The zero-order valence-electron chi connectivity index (χ0n) is 18.4. The summed E-state index contributed by atoms with van der Waals surface area (Å²) in [6, 6.07) is 20.9. The summed E-state index contributed by atoms with van der Waals surface area (Å²) in [5.74, 6) is -0.173. The molecule has 3 aromatic carbocycles. The summed E-state index contributed by atoms with van der Waals surface area (Å²) in [5, 5.41) is 0.372. The number of likely N-dealkylation sites (N-methyl/N-ethyl adjacent to an activating group) is 1. The average molecular weight is 448 g/mol. The number of hydrogen-bond acceptors (Lipinski definition) is 2. The molecule has 0 aliphatic heterocycles. The van der Waals surface area contributed by atoms with Gasteiger partial charge >= 0.3 is 6.18 Å². The number of halogens is 3. The molecule has 4 rings (SSSR count). The minimum Gasteiger partial charge on any atom is -0.315 e. The molecule has 4 aromatic rings. The second-order valence-corrected chi connectivity index (χ2v) is 7.88. The molecule has 0 bridgehead atoms. The summed E-state index contributed by atoms with van der Waals surface area (Å²) in [5.41, 5.74) is 2.89. The van der Waals surface area contributed by atoms with Gasteiger partial charge in [-0.2, -0.15) is 13.2 Å². The molecular weight excluding hydrogens is 425 g/mol. The lowest BCUT2D eigenvalue weighted by Gasteiger charge is -2.20. The highest BCUT2D eigenvalue weighted by Crippen LogP contribution is 2.38. The van der Waals surface area contributed by atoms with Crippen LogP contribution in [0.15, 0.2) is 79.0 Å². The second-order valence-electron chi connectivity index (χ2n) is 7.88. The number of nitrogens with zero attached hydrogens (tertiary/aromatic N) is 2. The number of rotatable bonds is 5. The number of aryl methyl sites for hydroxylation is 1. The molecule has 0 saturated carbocycles. The Kier molecular flexibility index (Phi) is 6.18. The van der Waals surface area contributed by atoms with E-state index in [1.165, 1.54) is 12.3 Å². The number of fused-ring (bicyclic) bond motifs is 1. The van der Waals surface area contributed by atoms with E-state index in [9.17, 15) is 18.0 Å². The standard InChI is InChI=1S/C27H23F3N2O/c1-3-18-9-7-12-21(15-18)32(2)24(33)16-20-17-31-26-22(13-8-14-23(26)27(28,29)30)25(20)19-10-5-4-6-11-19/h4-15,17H,3,16H2,1-2H3. The maximum absolute atomic E-state index is 13.6. The number of hydrogen-bond donors (Lipinski definition) is 0. The monoisotopic (exact) mass is 448 g/mol. The van der Waals surface area contributed by atoms with Crippen molar-refractivity contribution in [3.63, 3.8) is 0 Å². The van der Waals surface area contributed by atoms with E-state index in [4.69, 9.17) is 0 Å². The van der Waals surface area contributed by atoms with Crippen LogP contribution in [0.5, 0.6) is 0 Å². The van der Waals surface area contributed by atoms with Gasteiger partial charge in [0, 0.05) is 24.3 Å². The largest absolute Gasteiger partial charge is 0.418 e. The van der Waals surface area contributed by atoms with Crippen molar-refractivity contribution in [3.05, 3.63) is 95.7 Å². The van der Waals surface area contributed by atoms with Crippen molar-refractivity contribution in [3.8, 4) is 11.1 Å². The Morgan fingerprint density at radius 2 is 1.70 bits per heavy atom. The number of anilines is 1. The Hall–Kier alpha value is -3.67. The fourth-order valence-corrected chi connectivity index (χ4v) is 3.98. The van der Waals surface area contributed by atoms with Gasteiger partial charge in [0.25, 0.3) is 0 Å². The predicted octanol–water partition coefficient (Wildman–Crippen LogP) is 6.69. The highest BCUT2D eigenvalue weighted by atomic mass is 19.4. The Labute approximate surface area is 190 Å². The highest BCUT2D eigenvalue weighted by molar-refractivity contribution is 6.01. The first kappa shape index (κ1) is 22.5. The minimum absolute atomic E-state index is 0.0102. The average Bonchev–Trinajstić information content (AvgIpc) is 2.82. The number of carbonyl (C=O) groups is 1. The van der Waals surface area contributed by atoms with Crippen molar-refractivity contribution in [1.82, 2.24) is 4.98 Å². The molecule has 0 aliphatic carbocycles. The highest BCUT2D eigenvalue weighted by Gasteiger charge is 2.33. The molecule has 0 spiro atoms. The van der Waals surface area contributed by atoms with Crippen molar-refractivity contribution >= 4 is 22.5 Å². The van der Waals surface area contributed by atoms with Gasteiger partial charge in [-0.3, -0.25) is 9.78 Å². The smallest absolute Gasteiger partial charge is 0.315 e. The zero-order chi connectivity index (χ0) is 23.6. The fraction of sp³-hybridized carbons (Fsp3) is 0.185. The van der Waals surface area contributed by atoms with Crippen molar-refractivity contribution in [2.45, 2.75) is 25.9 Å². The van der Waals surface area contributed by atoms with E-state index in [1.807, 2.05) is 61.5 Å². The summed E-state index contributed by atoms with van der Waals surface area (Å²) >= 11 is 0. The number of amides is 1. The number of aromatic nitrogens is 1. The lowest BCUT2D eigenvalue weighted by Crippen LogP contribution is -2.28. The van der Waals surface area contributed by atoms with E-state index < -0.39 is 11.7 Å². The van der Waals surface area contributed by atoms with Gasteiger partial charge in [0.05, 0.1) is 17.5 Å². The van der Waals surface area contributed by atoms with Gasteiger partial charge in [-0.05, 0) is 46.9 Å². The van der Waals surface area contributed by atoms with E-state index >= 15 is 0 Å². The van der Waals surface area contributed by atoms with Crippen LogP contribution in [-0.2, 0) is 23.8 Å². The molecule has 168 valence electrons. The first-order valence-electron chi connectivity index (χ1n) is 10.7. The third-order valence-corrected chi connectivity index (χ3v) is 5.77. The van der Waals surface area contributed by atoms with Crippen LogP contribution < -0.4 is 4.90 Å². The lowest BCUT2D eigenvalue weighted by atomic mass is 9.93. The molecule has 6 heteroatoms. The third kappa shape index (κ3) is 4.60. The Balaban J connectivity index is 1.81. The maximum atomic E-state index is 13.6. The van der Waals surface area contributed by atoms with Crippen LogP contribution in [0.3, 0.4) is 0 Å². The third-order valence-electron chi connectivity index (χ3n) is 5.77. The molecule has 33 heavy (non-hydrogen) atoms. The summed E-state index contributed by atoms with van der Waals surface area (Å²) < 4.78 is 40.9. The number of para-hydroxylation sites is 1. The van der Waals surface area contributed by atoms with Crippen molar-refractivity contribution in [2.24, 2.45) is 0 Å². The van der Waals surface area contributed by atoms with Crippen LogP contribution in [0.2, 0.25) is 0 Å². The van der Waals surface area contributed by atoms with E-state index in [0.29, 0.717) is 16.5 Å². The summed E-state index contributed by atoms with van der Waals surface area (Å²) in [4.78, 5) is 18.9. The molecule has 0 saturated heterocycles. The zero-order valence-corrected chi connectivity index (χ0v) is 18.4. The normalized spacial score (nSPS) is 11.5. The van der Waals surface area contributed by atoms with Crippen molar-refractivity contribution < 1.29 is 18.0 Å². The lowest BCUT2D eigenvalue weighted by molar-refractivity contribution is -0.136. The molecule has 0 atom stereocenters. The van der Waals surface area contributed by atoms with Crippen LogP contribution in [0.1, 0.15) is 23.6 Å². The van der Waals surface area contributed by atoms with Gasteiger partial charge in [-0.15, -0.1) is 0 Å². The molecular formula is C27H23F3N2O. The molecule has 0 radical (unpaired) electrons. The number of pyridine rings is 1. The molecule has 1 heterocycles. The van der Waals surface area contributed by atoms with Crippen LogP contribution in [0.4, 0.5) is 18.9 Å². The van der Waals surface area contributed by atoms with Crippen LogP contribution in [0.25, 0.3) is 22.0 Å². The SMILES string of the molecule is CCc1cccc(N(C)C(=O)Cc2cnc3c(C(F)(F)F)cccc3c2-c2ccccc2)c1. The number of benzene rings is 3. The van der Waals surface area contributed by atoms with Crippen molar-refractivity contribution in [1.29, 1.82) is 0 Å². The minimum atomic E-state index is -4.53. The number of carbonyl (C=O) groups excluding carboxylic acids is 1. The number of alkyl halides is 3. The van der Waals surface area contributed by atoms with Gasteiger partial charge in [0.2, 0.25) is 5.91 Å². The van der Waals surface area contributed by atoms with Gasteiger partial charge in [-0.25, -0.2) is 0 Å². The predicted molar refractivity (Wildman–Crippen MR) is 125 cm³/mol. The van der Waals surface area contributed by atoms with Gasteiger partial charge in [0.15, 0.2) is 0 Å². The van der Waals surface area contributed by atoms with E-state index in [-0.39, 0.29) is 17.8 Å². The van der Waals surface area contributed by atoms with Crippen LogP contribution in [0, 0.1) is 0 Å². The van der Waals surface area contributed by atoms with E-state index in [2.05, 4.69) is 4.98 Å². The Morgan fingerprint density at radius 1 is 0.970 bits per heavy atom. The molecule has 0 fully saturated rings. The van der Waals surface area contributed by atoms with Crippen LogP contribution >= 0.6 is 0 Å². The Bertz CT molecular complexity index is 1300. The van der Waals surface area contributed by atoms with Crippen molar-refractivity contribution in [2.75, 3.05) is 11.9 Å². The summed E-state index contributed by atoms with van der Waals surface area (Å²) in [6.07, 6.45) is -2.27. The molecule has 0 N–H and O–H groups in total. The topological polar surface area (TPSA) is 33.2 Å². The molecule has 0 unspecified atom stereocenters. The molecule has 1 aromatic heterocycles. The van der Waals surface area contributed by atoms with Crippen LogP contribution in [-0.4, -0.2) is 17.9 Å². The second kappa shape index (κ2) is 9.06. The fourth-order valence-electron chi connectivity index (χ4n) is 3.98. The van der Waals surface area contributed by atoms with Gasteiger partial charge in [0.1, 0.15) is 0 Å². The van der Waals surface area contributed by atoms with E-state index in [0.717, 1.165) is 29.3 Å².